The van der Waals surface area contributed by atoms with Gasteiger partial charge in [-0.05, 0) is 44.9 Å². The van der Waals surface area contributed by atoms with E-state index < -0.39 is 10.8 Å². The average Bonchev–Trinajstić information content (AvgIpc) is 3.18. The summed E-state index contributed by atoms with van der Waals surface area (Å²) in [5, 5.41) is 16.3. The molecule has 1 unspecified atom stereocenters. The largest absolute Gasteiger partial charge is 0.338 e. The average molecular weight is 384 g/mol. The third kappa shape index (κ3) is 11.8. The number of aromatic nitrogens is 3. The minimum Gasteiger partial charge on any atom is -0.338 e. The van der Waals surface area contributed by atoms with Gasteiger partial charge in [-0.1, -0.05) is 31.9 Å². The van der Waals surface area contributed by atoms with Crippen molar-refractivity contribution in [1.82, 2.24) is 26.0 Å². The zero-order valence-corrected chi connectivity index (χ0v) is 16.7. The van der Waals surface area contributed by atoms with E-state index in [9.17, 15) is 9.00 Å². The number of H-pyrrole nitrogens is 1. The monoisotopic (exact) mass is 383 g/mol. The normalized spacial score (nSPS) is 12.3. The quantitative estimate of drug-likeness (QED) is 0.319. The summed E-state index contributed by atoms with van der Waals surface area (Å²) in [7, 11) is -1.04. The molecule has 1 aromatic heterocycles. The molecule has 0 bridgehead atoms. The number of hydrogen-bond acceptors (Lipinski definition) is 4. The van der Waals surface area contributed by atoms with Gasteiger partial charge >= 0.3 is 6.03 Å². The highest BCUT2D eigenvalue weighted by Gasteiger charge is 2.05. The molecule has 26 heavy (non-hydrogen) atoms. The number of urea groups is 1. The Labute approximate surface area is 159 Å². The molecule has 0 aromatic carbocycles. The van der Waals surface area contributed by atoms with Crippen molar-refractivity contribution in [2.24, 2.45) is 0 Å². The third-order valence-corrected chi connectivity index (χ3v) is 5.22. The molecule has 7 nitrogen and oxygen atoms in total. The fraction of sp³-hybridized carbons (Fsp3) is 0.722. The van der Waals surface area contributed by atoms with Gasteiger partial charge in [-0.2, -0.15) is 10.3 Å². The highest BCUT2D eigenvalue weighted by Crippen LogP contribution is 2.05. The van der Waals surface area contributed by atoms with Gasteiger partial charge in [-0.25, -0.2) is 4.79 Å². The lowest BCUT2D eigenvalue weighted by Gasteiger charge is -2.06. The molecule has 148 valence electrons. The first kappa shape index (κ1) is 22.3. The number of nitrogens with zero attached hydrogens (tertiary/aromatic N) is 2. The predicted octanol–water partition coefficient (Wildman–Crippen LogP) is 3.30. The fourth-order valence-corrected chi connectivity index (χ4v) is 3.35. The first-order valence-electron chi connectivity index (χ1n) is 9.65. The van der Waals surface area contributed by atoms with E-state index >= 15 is 0 Å². The molecule has 1 aromatic rings. The number of carbonyl (C=O) groups excluding carboxylic acids is 1. The smallest absolute Gasteiger partial charge is 0.314 e. The van der Waals surface area contributed by atoms with Crippen LogP contribution in [0.3, 0.4) is 0 Å². The number of carbonyl (C=O) groups is 1. The third-order valence-electron chi connectivity index (χ3n) is 3.89. The summed E-state index contributed by atoms with van der Waals surface area (Å²) < 4.78 is 11.8. The Balaban J connectivity index is 1.86. The highest BCUT2D eigenvalue weighted by atomic mass is 32.2. The highest BCUT2D eigenvalue weighted by molar-refractivity contribution is 7.84. The molecule has 0 radical (unpaired) electrons. The lowest BCUT2D eigenvalue weighted by Crippen LogP contribution is -2.36. The van der Waals surface area contributed by atoms with Gasteiger partial charge in [-0.15, -0.1) is 5.10 Å². The summed E-state index contributed by atoms with van der Waals surface area (Å²) in [6, 6.07) is -0.0559. The van der Waals surface area contributed by atoms with E-state index in [-0.39, 0.29) is 6.03 Å². The van der Waals surface area contributed by atoms with E-state index in [0.717, 1.165) is 64.5 Å². The summed E-state index contributed by atoms with van der Waals surface area (Å²) in [5.74, 6) is 0.631. The van der Waals surface area contributed by atoms with Gasteiger partial charge in [-0.3, -0.25) is 4.21 Å². The van der Waals surface area contributed by atoms with Crippen LogP contribution in [0.2, 0.25) is 0 Å². The van der Waals surface area contributed by atoms with Crippen molar-refractivity contribution >= 4 is 16.8 Å². The topological polar surface area (TPSA) is 99.8 Å². The molecule has 0 spiro atoms. The minimum atomic E-state index is -1.04. The summed E-state index contributed by atoms with van der Waals surface area (Å²) >= 11 is 0. The van der Waals surface area contributed by atoms with Crippen molar-refractivity contribution in [3.63, 3.8) is 0 Å². The van der Waals surface area contributed by atoms with Gasteiger partial charge in [0.05, 0.1) is 17.0 Å². The van der Waals surface area contributed by atoms with E-state index in [2.05, 4.69) is 45.1 Å². The van der Waals surface area contributed by atoms with Crippen LogP contribution in [-0.4, -0.2) is 44.5 Å². The van der Waals surface area contributed by atoms with E-state index in [1.54, 1.807) is 0 Å². The number of allylic oxidation sites excluding steroid dienone is 2. The molecule has 3 N–H and O–H groups in total. The maximum Gasteiger partial charge on any atom is 0.314 e. The van der Waals surface area contributed by atoms with Gasteiger partial charge in [0.25, 0.3) is 0 Å². The number of rotatable bonds is 15. The Morgan fingerprint density at radius 3 is 2.35 bits per heavy atom. The molecular weight excluding hydrogens is 350 g/mol. The summed E-state index contributed by atoms with van der Waals surface area (Å²) in [6.45, 7) is 3.63. The van der Waals surface area contributed by atoms with E-state index in [1.165, 1.54) is 12.6 Å². The molecule has 1 heterocycles. The lowest BCUT2D eigenvalue weighted by atomic mass is 10.2. The molecule has 0 aliphatic heterocycles. The molecule has 1 atom stereocenters. The van der Waals surface area contributed by atoms with Gasteiger partial charge in [0.2, 0.25) is 0 Å². The van der Waals surface area contributed by atoms with Crippen molar-refractivity contribution in [2.75, 3.05) is 18.8 Å². The first-order valence-corrected chi connectivity index (χ1v) is 11.0. The van der Waals surface area contributed by atoms with Gasteiger partial charge in [0.1, 0.15) is 0 Å². The van der Waals surface area contributed by atoms with E-state index in [4.69, 9.17) is 0 Å². The predicted molar refractivity (Wildman–Crippen MR) is 105 cm³/mol. The number of hydrogen-bond donors (Lipinski definition) is 3. The summed E-state index contributed by atoms with van der Waals surface area (Å²) in [6.07, 6.45) is 15.3. The Hall–Kier alpha value is -1.70. The van der Waals surface area contributed by atoms with Gasteiger partial charge in [0.15, 0.2) is 5.03 Å². The number of nitrogens with one attached hydrogen (secondary N) is 3. The van der Waals surface area contributed by atoms with E-state index in [1.807, 2.05) is 0 Å². The van der Waals surface area contributed by atoms with Gasteiger partial charge < -0.3 is 10.6 Å². The van der Waals surface area contributed by atoms with Crippen LogP contribution in [0.4, 0.5) is 4.79 Å². The standard InChI is InChI=1S/C18H33N5O2S/c1-2-3-10-13-19-18(24)20-14-11-8-6-4-5-7-9-12-15-26(25)17-16-21-23-22-17/h4-5,16H,2-3,6-15H2,1H3,(H2,19,20,24)(H,21,22,23)/b5-4+. The summed E-state index contributed by atoms with van der Waals surface area (Å²) in [5.41, 5.74) is 0. The van der Waals surface area contributed by atoms with Crippen LogP contribution in [-0.2, 0) is 10.8 Å². The Morgan fingerprint density at radius 1 is 1.08 bits per heavy atom. The molecule has 2 amide bonds. The second-order valence-electron chi connectivity index (χ2n) is 6.21. The van der Waals surface area contributed by atoms with Crippen LogP contribution in [0.5, 0.6) is 0 Å². The second-order valence-corrected chi connectivity index (χ2v) is 7.73. The Morgan fingerprint density at radius 2 is 1.73 bits per heavy atom. The zero-order chi connectivity index (χ0) is 18.9. The number of aromatic amines is 1. The maximum atomic E-state index is 11.8. The molecular formula is C18H33N5O2S. The van der Waals surface area contributed by atoms with Crippen molar-refractivity contribution in [3.05, 3.63) is 18.3 Å². The molecule has 0 aliphatic carbocycles. The van der Waals surface area contributed by atoms with Crippen molar-refractivity contribution < 1.29 is 9.00 Å². The van der Waals surface area contributed by atoms with Crippen molar-refractivity contribution in [1.29, 1.82) is 0 Å². The number of unbranched alkanes of at least 4 members (excludes halogenated alkanes) is 6. The second kappa shape index (κ2) is 15.5. The van der Waals surface area contributed by atoms with Crippen molar-refractivity contribution in [2.45, 2.75) is 69.7 Å². The Kier molecular flexibility index (Phi) is 13.4. The molecule has 0 aliphatic rings. The summed E-state index contributed by atoms with van der Waals surface area (Å²) in [4.78, 5) is 11.5. The van der Waals surface area contributed by atoms with Crippen molar-refractivity contribution in [3.8, 4) is 0 Å². The van der Waals surface area contributed by atoms with Crippen LogP contribution in [0.15, 0.2) is 23.4 Å². The van der Waals surface area contributed by atoms with Crippen LogP contribution < -0.4 is 10.6 Å². The van der Waals surface area contributed by atoms with E-state index in [0.29, 0.717) is 10.8 Å². The van der Waals surface area contributed by atoms with Crippen LogP contribution in [0, 0.1) is 0 Å². The van der Waals surface area contributed by atoms with Crippen LogP contribution in [0.1, 0.15) is 64.7 Å². The molecule has 0 fully saturated rings. The first-order chi connectivity index (χ1) is 12.7. The van der Waals surface area contributed by atoms with Crippen LogP contribution in [0.25, 0.3) is 0 Å². The minimum absolute atomic E-state index is 0.0559. The fourth-order valence-electron chi connectivity index (χ4n) is 2.36. The SMILES string of the molecule is CCCCCNC(=O)NCCCC/C=C/CCCCS(=O)c1cn[nH]n1. The van der Waals surface area contributed by atoms with Crippen LogP contribution >= 0.6 is 0 Å². The lowest BCUT2D eigenvalue weighted by molar-refractivity contribution is 0.240. The molecule has 0 saturated carbocycles. The molecule has 0 saturated heterocycles. The molecule has 8 heteroatoms. The molecule has 1 rings (SSSR count). The zero-order valence-electron chi connectivity index (χ0n) is 15.8. The number of amides is 2. The van der Waals surface area contributed by atoms with Gasteiger partial charge in [0, 0.05) is 18.8 Å². The maximum absolute atomic E-state index is 11.8. The Bertz CT molecular complexity index is 520.